The SMILES string of the molecule is CCc1ccc(CCN2C(=O)CCC(N)C2=O)cc1. The second kappa shape index (κ2) is 5.97. The largest absolute Gasteiger partial charge is 0.320 e. The van der Waals surface area contributed by atoms with Gasteiger partial charge in [0.05, 0.1) is 6.04 Å². The zero-order valence-electron chi connectivity index (χ0n) is 11.3. The number of piperidine rings is 1. The van der Waals surface area contributed by atoms with Crippen molar-refractivity contribution in [2.24, 2.45) is 5.73 Å². The zero-order chi connectivity index (χ0) is 13.8. The Balaban J connectivity index is 1.96. The molecule has 1 fully saturated rings. The topological polar surface area (TPSA) is 63.4 Å². The molecule has 0 aliphatic carbocycles. The van der Waals surface area contributed by atoms with Gasteiger partial charge in [-0.05, 0) is 30.4 Å². The lowest BCUT2D eigenvalue weighted by molar-refractivity contribution is -0.149. The normalized spacial score (nSPS) is 19.9. The number of carbonyl (C=O) groups excluding carboxylic acids is 2. The van der Waals surface area contributed by atoms with Crippen LogP contribution in [0.2, 0.25) is 0 Å². The molecule has 1 aromatic rings. The first kappa shape index (κ1) is 13.7. The fourth-order valence-electron chi connectivity index (χ4n) is 2.28. The maximum Gasteiger partial charge on any atom is 0.246 e. The molecule has 4 nitrogen and oxygen atoms in total. The van der Waals surface area contributed by atoms with Crippen molar-refractivity contribution < 1.29 is 9.59 Å². The first-order chi connectivity index (χ1) is 9.11. The van der Waals surface area contributed by atoms with Crippen LogP contribution >= 0.6 is 0 Å². The van der Waals surface area contributed by atoms with Crippen LogP contribution in [0.5, 0.6) is 0 Å². The summed E-state index contributed by atoms with van der Waals surface area (Å²) in [4.78, 5) is 24.9. The second-order valence-electron chi connectivity index (χ2n) is 4.95. The van der Waals surface area contributed by atoms with Gasteiger partial charge in [0, 0.05) is 13.0 Å². The van der Waals surface area contributed by atoms with E-state index in [4.69, 9.17) is 5.73 Å². The smallest absolute Gasteiger partial charge is 0.246 e. The van der Waals surface area contributed by atoms with Crippen molar-refractivity contribution in [2.75, 3.05) is 6.54 Å². The minimum atomic E-state index is -0.514. The van der Waals surface area contributed by atoms with Gasteiger partial charge in [-0.3, -0.25) is 14.5 Å². The molecular formula is C15H20N2O2. The molecule has 19 heavy (non-hydrogen) atoms. The molecule has 1 atom stereocenters. The number of carbonyl (C=O) groups is 2. The Hall–Kier alpha value is -1.68. The van der Waals surface area contributed by atoms with E-state index >= 15 is 0 Å². The van der Waals surface area contributed by atoms with Crippen LogP contribution in [0.25, 0.3) is 0 Å². The van der Waals surface area contributed by atoms with Crippen LogP contribution in [-0.2, 0) is 22.4 Å². The third kappa shape index (κ3) is 3.20. The minimum absolute atomic E-state index is 0.100. The number of amides is 2. The molecule has 0 saturated carbocycles. The van der Waals surface area contributed by atoms with Gasteiger partial charge < -0.3 is 5.73 Å². The summed E-state index contributed by atoms with van der Waals surface area (Å²) in [5, 5.41) is 0. The molecule has 2 N–H and O–H groups in total. The van der Waals surface area contributed by atoms with Gasteiger partial charge in [-0.1, -0.05) is 31.2 Å². The van der Waals surface area contributed by atoms with Crippen molar-refractivity contribution in [3.05, 3.63) is 35.4 Å². The van der Waals surface area contributed by atoms with Gasteiger partial charge in [-0.25, -0.2) is 0 Å². The Morgan fingerprint density at radius 2 is 1.84 bits per heavy atom. The van der Waals surface area contributed by atoms with Crippen LogP contribution in [0, 0.1) is 0 Å². The minimum Gasteiger partial charge on any atom is -0.320 e. The lowest BCUT2D eigenvalue weighted by Gasteiger charge is -2.28. The van der Waals surface area contributed by atoms with Crippen LogP contribution in [0.1, 0.15) is 30.9 Å². The summed E-state index contributed by atoms with van der Waals surface area (Å²) >= 11 is 0. The second-order valence-corrected chi connectivity index (χ2v) is 4.95. The summed E-state index contributed by atoms with van der Waals surface area (Å²) in [6.45, 7) is 2.54. The highest BCUT2D eigenvalue weighted by Crippen LogP contribution is 2.13. The van der Waals surface area contributed by atoms with Gasteiger partial charge in [0.25, 0.3) is 0 Å². The standard InChI is InChI=1S/C15H20N2O2/c1-2-11-3-5-12(6-4-11)9-10-17-14(18)8-7-13(16)15(17)19/h3-6,13H,2,7-10,16H2,1H3. The highest BCUT2D eigenvalue weighted by atomic mass is 16.2. The molecule has 0 spiro atoms. The van der Waals surface area contributed by atoms with E-state index in [1.807, 2.05) is 0 Å². The molecule has 0 aromatic heterocycles. The molecule has 1 unspecified atom stereocenters. The highest BCUT2D eigenvalue weighted by Gasteiger charge is 2.31. The monoisotopic (exact) mass is 260 g/mol. The fourth-order valence-corrected chi connectivity index (χ4v) is 2.28. The van der Waals surface area contributed by atoms with Gasteiger partial charge in [-0.2, -0.15) is 0 Å². The maximum atomic E-state index is 11.8. The van der Waals surface area contributed by atoms with Gasteiger partial charge >= 0.3 is 0 Å². The van der Waals surface area contributed by atoms with E-state index in [1.54, 1.807) is 0 Å². The van der Waals surface area contributed by atoms with E-state index in [2.05, 4.69) is 31.2 Å². The molecule has 1 heterocycles. The summed E-state index contributed by atoms with van der Waals surface area (Å²) in [6.07, 6.45) is 2.55. The van der Waals surface area contributed by atoms with Crippen molar-refractivity contribution in [3.63, 3.8) is 0 Å². The summed E-state index contributed by atoms with van der Waals surface area (Å²) in [6, 6.07) is 7.76. The van der Waals surface area contributed by atoms with E-state index in [-0.39, 0.29) is 11.8 Å². The van der Waals surface area contributed by atoms with Gasteiger partial charge in [0.2, 0.25) is 11.8 Å². The highest BCUT2D eigenvalue weighted by molar-refractivity contribution is 6.00. The number of nitrogens with two attached hydrogens (primary N) is 1. The molecule has 4 heteroatoms. The molecular weight excluding hydrogens is 240 g/mol. The molecule has 1 saturated heterocycles. The first-order valence-electron chi connectivity index (χ1n) is 6.79. The third-order valence-corrected chi connectivity index (χ3v) is 3.61. The molecule has 1 aromatic carbocycles. The van der Waals surface area contributed by atoms with Crippen LogP contribution in [0.4, 0.5) is 0 Å². The molecule has 0 radical (unpaired) electrons. The molecule has 0 bridgehead atoms. The molecule has 1 aliphatic heterocycles. The van der Waals surface area contributed by atoms with Crippen LogP contribution in [-0.4, -0.2) is 29.3 Å². The third-order valence-electron chi connectivity index (χ3n) is 3.61. The summed E-state index contributed by atoms with van der Waals surface area (Å²) in [7, 11) is 0. The fraction of sp³-hybridized carbons (Fsp3) is 0.467. The number of hydrogen-bond acceptors (Lipinski definition) is 3. The summed E-state index contributed by atoms with van der Waals surface area (Å²) < 4.78 is 0. The molecule has 1 aliphatic rings. The predicted molar refractivity (Wildman–Crippen MR) is 73.5 cm³/mol. The zero-order valence-corrected chi connectivity index (χ0v) is 11.3. The molecule has 2 amide bonds. The average Bonchev–Trinajstić information content (AvgIpc) is 2.44. The van der Waals surface area contributed by atoms with Crippen LogP contribution in [0.3, 0.4) is 0 Å². The van der Waals surface area contributed by atoms with E-state index in [1.165, 1.54) is 10.5 Å². The Bertz CT molecular complexity index is 468. The number of rotatable bonds is 4. The van der Waals surface area contributed by atoms with E-state index < -0.39 is 6.04 Å². The number of hydrogen-bond donors (Lipinski definition) is 1. The predicted octanol–water partition coefficient (Wildman–Crippen LogP) is 1.27. The summed E-state index contributed by atoms with van der Waals surface area (Å²) in [5.74, 6) is -0.335. The van der Waals surface area contributed by atoms with Crippen molar-refractivity contribution >= 4 is 11.8 Å². The quantitative estimate of drug-likeness (QED) is 0.829. The van der Waals surface area contributed by atoms with E-state index in [9.17, 15) is 9.59 Å². The lowest BCUT2D eigenvalue weighted by Crippen LogP contribution is -2.51. The first-order valence-corrected chi connectivity index (χ1v) is 6.79. The number of benzene rings is 1. The molecule has 102 valence electrons. The van der Waals surface area contributed by atoms with Crippen molar-refractivity contribution in [3.8, 4) is 0 Å². The van der Waals surface area contributed by atoms with Crippen molar-refractivity contribution in [2.45, 2.75) is 38.6 Å². The van der Waals surface area contributed by atoms with E-state index in [0.29, 0.717) is 25.8 Å². The van der Waals surface area contributed by atoms with Crippen LogP contribution < -0.4 is 5.73 Å². The number of aryl methyl sites for hydroxylation is 1. The number of imide groups is 1. The Morgan fingerprint density at radius 3 is 2.47 bits per heavy atom. The van der Waals surface area contributed by atoms with Crippen LogP contribution in [0.15, 0.2) is 24.3 Å². The van der Waals surface area contributed by atoms with Gasteiger partial charge in [0.1, 0.15) is 0 Å². The van der Waals surface area contributed by atoms with Gasteiger partial charge in [-0.15, -0.1) is 0 Å². The van der Waals surface area contributed by atoms with Gasteiger partial charge in [0.15, 0.2) is 0 Å². The number of nitrogens with zero attached hydrogens (tertiary/aromatic N) is 1. The van der Waals surface area contributed by atoms with E-state index in [0.717, 1.165) is 12.0 Å². The number of likely N-dealkylation sites (tertiary alicyclic amines) is 1. The Morgan fingerprint density at radius 1 is 1.21 bits per heavy atom. The Labute approximate surface area is 113 Å². The summed E-state index contributed by atoms with van der Waals surface area (Å²) in [5.41, 5.74) is 8.12. The molecule has 2 rings (SSSR count). The lowest BCUT2D eigenvalue weighted by atomic mass is 10.0. The Kier molecular flexibility index (Phi) is 4.32. The average molecular weight is 260 g/mol. The van der Waals surface area contributed by atoms with Crippen molar-refractivity contribution in [1.29, 1.82) is 0 Å². The maximum absolute atomic E-state index is 11.8. The van der Waals surface area contributed by atoms with Crippen molar-refractivity contribution in [1.82, 2.24) is 4.90 Å².